The summed E-state index contributed by atoms with van der Waals surface area (Å²) in [5.74, 6) is -1.03. The Bertz CT molecular complexity index is 1410. The van der Waals surface area contributed by atoms with Gasteiger partial charge in [-0.05, 0) is 29.7 Å². The topological polar surface area (TPSA) is 173 Å². The molecule has 0 aliphatic carbocycles. The van der Waals surface area contributed by atoms with Crippen LogP contribution in [-0.4, -0.2) is 72.0 Å². The molecule has 0 aliphatic heterocycles. The van der Waals surface area contributed by atoms with E-state index in [1.165, 1.54) is 6.92 Å². The minimum absolute atomic E-state index is 0.126. The van der Waals surface area contributed by atoms with Gasteiger partial charge in [0.05, 0.1) is 0 Å². The lowest BCUT2D eigenvalue weighted by Gasteiger charge is -2.23. The molecule has 47 heavy (non-hydrogen) atoms. The summed E-state index contributed by atoms with van der Waals surface area (Å²) in [7, 11) is 0. The third kappa shape index (κ3) is 12.6. The molecule has 0 saturated heterocycles. The van der Waals surface area contributed by atoms with E-state index in [0.717, 1.165) is 30.4 Å². The monoisotopic (exact) mass is 649 g/mol. The molecular weight excluding hydrogens is 606 g/mol. The van der Waals surface area contributed by atoms with Crippen LogP contribution in [0.5, 0.6) is 5.75 Å². The normalized spacial score (nSPS) is 12.2. The molecule has 3 amide bonds. The molecule has 0 saturated carbocycles. The first-order valence-corrected chi connectivity index (χ1v) is 15.6. The SMILES string of the molecule is CCCCCNC(=O)C(Cc1ccc(OC(COO)COO)cc1)NC(=O)C(Cc1ccc(C(=O)c2ccccc2)cc1)NC(C)=O. The number of unbranched alkanes of at least 4 members (excludes halogenated alkanes) is 2. The van der Waals surface area contributed by atoms with E-state index in [1.807, 2.05) is 6.07 Å². The quantitative estimate of drug-likeness (QED) is 0.0529. The molecule has 252 valence electrons. The van der Waals surface area contributed by atoms with Crippen molar-refractivity contribution >= 4 is 23.5 Å². The number of ether oxygens (including phenoxy) is 1. The van der Waals surface area contributed by atoms with E-state index < -0.39 is 30.0 Å². The van der Waals surface area contributed by atoms with Crippen molar-refractivity contribution in [1.29, 1.82) is 0 Å². The Balaban J connectivity index is 1.74. The number of hydrogen-bond donors (Lipinski definition) is 5. The van der Waals surface area contributed by atoms with E-state index in [9.17, 15) is 19.2 Å². The number of carbonyl (C=O) groups excluding carboxylic acids is 4. The molecule has 0 fully saturated rings. The van der Waals surface area contributed by atoms with E-state index in [1.54, 1.807) is 72.8 Å². The lowest BCUT2D eigenvalue weighted by molar-refractivity contribution is -0.286. The van der Waals surface area contributed by atoms with Crippen LogP contribution in [0.3, 0.4) is 0 Å². The molecule has 2 atom stereocenters. The van der Waals surface area contributed by atoms with Gasteiger partial charge in [-0.15, -0.1) is 0 Å². The van der Waals surface area contributed by atoms with Gasteiger partial charge in [0.15, 0.2) is 11.9 Å². The molecule has 3 aromatic rings. The van der Waals surface area contributed by atoms with Crippen LogP contribution in [0.25, 0.3) is 0 Å². The molecule has 12 nitrogen and oxygen atoms in total. The Morgan fingerprint density at radius 2 is 1.26 bits per heavy atom. The lowest BCUT2D eigenvalue weighted by atomic mass is 9.99. The number of rotatable bonds is 20. The van der Waals surface area contributed by atoms with E-state index in [2.05, 4.69) is 32.6 Å². The molecule has 0 heterocycles. The second-order valence-corrected chi connectivity index (χ2v) is 11.1. The predicted molar refractivity (Wildman–Crippen MR) is 174 cm³/mol. The van der Waals surface area contributed by atoms with Crippen LogP contribution in [0.15, 0.2) is 78.9 Å². The first-order chi connectivity index (χ1) is 22.7. The van der Waals surface area contributed by atoms with Gasteiger partial charge >= 0.3 is 0 Å². The second kappa shape index (κ2) is 19.8. The summed E-state index contributed by atoms with van der Waals surface area (Å²) in [6.07, 6.45) is 2.24. The number of benzene rings is 3. The summed E-state index contributed by atoms with van der Waals surface area (Å²) in [6.45, 7) is 3.36. The highest BCUT2D eigenvalue weighted by Gasteiger charge is 2.27. The van der Waals surface area contributed by atoms with Crippen molar-refractivity contribution in [2.45, 2.75) is 64.1 Å². The molecule has 0 spiro atoms. The van der Waals surface area contributed by atoms with Gasteiger partial charge in [-0.3, -0.25) is 29.7 Å². The molecule has 0 radical (unpaired) electrons. The van der Waals surface area contributed by atoms with E-state index in [0.29, 0.717) is 23.4 Å². The van der Waals surface area contributed by atoms with E-state index in [4.69, 9.17) is 15.3 Å². The standard InChI is InChI=1S/C35H43N3O9/c1-3-4-8-19-36-34(41)31(20-26-13-17-29(18-14-26)47-30(22-45-43)23-46-44)38-35(42)32(37-24(2)39)21-25-11-15-28(16-12-25)33(40)27-9-6-5-7-10-27/h5-7,9-18,30-32,43-44H,3-4,8,19-23H2,1-2H3,(H,36,41)(H,37,39)(H,38,42). The average molecular weight is 650 g/mol. The fourth-order valence-electron chi connectivity index (χ4n) is 4.84. The third-order valence-corrected chi connectivity index (χ3v) is 7.29. The van der Waals surface area contributed by atoms with Crippen LogP contribution in [0, 0.1) is 0 Å². The Morgan fingerprint density at radius 3 is 1.81 bits per heavy atom. The Morgan fingerprint density at radius 1 is 0.702 bits per heavy atom. The number of carbonyl (C=O) groups is 4. The Kier molecular flexibility index (Phi) is 15.5. The summed E-state index contributed by atoms with van der Waals surface area (Å²) in [5.41, 5.74) is 2.50. The summed E-state index contributed by atoms with van der Waals surface area (Å²) in [6, 6.07) is 20.5. The predicted octanol–water partition coefficient (Wildman–Crippen LogP) is 3.73. The maximum Gasteiger partial charge on any atom is 0.243 e. The van der Waals surface area contributed by atoms with Gasteiger partial charge in [0.2, 0.25) is 17.7 Å². The van der Waals surface area contributed by atoms with Crippen molar-refractivity contribution in [1.82, 2.24) is 16.0 Å². The van der Waals surface area contributed by atoms with Crippen LogP contribution in [-0.2, 0) is 37.0 Å². The smallest absolute Gasteiger partial charge is 0.243 e. The van der Waals surface area contributed by atoms with Crippen LogP contribution in [0.1, 0.15) is 60.2 Å². The zero-order valence-corrected chi connectivity index (χ0v) is 26.6. The van der Waals surface area contributed by atoms with Crippen molar-refractivity contribution in [3.8, 4) is 5.75 Å². The van der Waals surface area contributed by atoms with E-state index in [-0.39, 0.29) is 37.7 Å². The number of ketones is 1. The second-order valence-electron chi connectivity index (χ2n) is 11.1. The molecule has 0 aromatic heterocycles. The third-order valence-electron chi connectivity index (χ3n) is 7.29. The summed E-state index contributed by atoms with van der Waals surface area (Å²) < 4.78 is 5.63. The van der Waals surface area contributed by atoms with Crippen LogP contribution in [0.4, 0.5) is 0 Å². The average Bonchev–Trinajstić information content (AvgIpc) is 3.07. The molecule has 5 N–H and O–H groups in total. The van der Waals surface area contributed by atoms with Gasteiger partial charge < -0.3 is 20.7 Å². The molecule has 12 heteroatoms. The van der Waals surface area contributed by atoms with Gasteiger partial charge in [0.25, 0.3) is 0 Å². The maximum absolute atomic E-state index is 13.6. The Hall–Kier alpha value is -4.62. The first-order valence-electron chi connectivity index (χ1n) is 15.6. The fraction of sp³-hybridized carbons (Fsp3) is 0.371. The lowest BCUT2D eigenvalue weighted by Crippen LogP contribution is -2.55. The molecule has 3 aromatic carbocycles. The maximum atomic E-state index is 13.6. The fourth-order valence-corrected chi connectivity index (χ4v) is 4.84. The summed E-state index contributed by atoms with van der Waals surface area (Å²) >= 11 is 0. The number of nitrogens with one attached hydrogen (secondary N) is 3. The van der Waals surface area contributed by atoms with Crippen molar-refractivity contribution in [2.75, 3.05) is 19.8 Å². The zero-order chi connectivity index (χ0) is 34.0. The summed E-state index contributed by atoms with van der Waals surface area (Å²) in [4.78, 5) is 59.9. The van der Waals surface area contributed by atoms with Crippen molar-refractivity contribution in [2.24, 2.45) is 0 Å². The number of hydrogen-bond acceptors (Lipinski definition) is 9. The molecule has 3 rings (SSSR count). The van der Waals surface area contributed by atoms with Crippen LogP contribution < -0.4 is 20.7 Å². The van der Waals surface area contributed by atoms with Gasteiger partial charge in [-0.2, -0.15) is 0 Å². The van der Waals surface area contributed by atoms with Crippen LogP contribution in [0.2, 0.25) is 0 Å². The van der Waals surface area contributed by atoms with E-state index >= 15 is 0 Å². The Labute approximate surface area is 274 Å². The molecule has 0 bridgehead atoms. The van der Waals surface area contributed by atoms with Gasteiger partial charge in [-0.1, -0.05) is 86.5 Å². The first kappa shape index (κ1) is 36.8. The highest BCUT2D eigenvalue weighted by Crippen LogP contribution is 2.17. The largest absolute Gasteiger partial charge is 0.485 e. The van der Waals surface area contributed by atoms with Crippen molar-refractivity contribution < 1.29 is 44.2 Å². The molecule has 2 unspecified atom stereocenters. The number of amides is 3. The van der Waals surface area contributed by atoms with Crippen molar-refractivity contribution in [3.63, 3.8) is 0 Å². The minimum atomic E-state index is -0.978. The zero-order valence-electron chi connectivity index (χ0n) is 26.6. The van der Waals surface area contributed by atoms with Gasteiger partial charge in [0.1, 0.15) is 31.0 Å². The molecular formula is C35H43N3O9. The molecule has 0 aliphatic rings. The van der Waals surface area contributed by atoms with Crippen molar-refractivity contribution in [3.05, 3.63) is 101 Å². The highest BCUT2D eigenvalue weighted by atomic mass is 17.1. The minimum Gasteiger partial charge on any atom is -0.485 e. The van der Waals surface area contributed by atoms with Crippen LogP contribution >= 0.6 is 0 Å². The highest BCUT2D eigenvalue weighted by molar-refractivity contribution is 6.09. The van der Waals surface area contributed by atoms with Gasteiger partial charge in [-0.25, -0.2) is 9.78 Å². The van der Waals surface area contributed by atoms with Gasteiger partial charge in [0, 0.05) is 37.4 Å². The summed E-state index contributed by atoms with van der Waals surface area (Å²) in [5, 5.41) is 25.8.